The Morgan fingerprint density at radius 3 is 2.75 bits per heavy atom. The number of nitrogen functional groups attached to an aromatic ring is 1. The molecule has 1 amide bonds. The van der Waals surface area contributed by atoms with Gasteiger partial charge in [-0.15, -0.1) is 0 Å². The summed E-state index contributed by atoms with van der Waals surface area (Å²) < 4.78 is 0. The monoisotopic (exact) mass is 298 g/mol. The molecule has 6 nitrogen and oxygen atoms in total. The van der Waals surface area contributed by atoms with Crippen molar-refractivity contribution in [2.45, 2.75) is 44.7 Å². The number of anilines is 2. The first-order chi connectivity index (χ1) is 9.35. The summed E-state index contributed by atoms with van der Waals surface area (Å²) in [6, 6.07) is 0.454. The van der Waals surface area contributed by atoms with Gasteiger partial charge in [0.25, 0.3) is 5.91 Å². The van der Waals surface area contributed by atoms with Gasteiger partial charge >= 0.3 is 0 Å². The van der Waals surface area contributed by atoms with Crippen molar-refractivity contribution in [2.24, 2.45) is 0 Å². The van der Waals surface area contributed by atoms with Crippen molar-refractivity contribution in [1.82, 2.24) is 9.88 Å². The Kier molecular flexibility index (Phi) is 4.19. The van der Waals surface area contributed by atoms with Gasteiger partial charge in [-0.3, -0.25) is 4.79 Å². The van der Waals surface area contributed by atoms with Crippen molar-refractivity contribution in [1.29, 1.82) is 0 Å². The Bertz CT molecular complexity index is 497. The molecule has 0 spiro atoms. The number of aromatic nitrogens is 1. The highest BCUT2D eigenvalue weighted by Gasteiger charge is 2.30. The SMILES string of the molecule is CN(C(=O)c1sc(NC2CCC2)nc1N)C(C)(C)CO. The average molecular weight is 298 g/mol. The van der Waals surface area contributed by atoms with Crippen LogP contribution in [0.3, 0.4) is 0 Å². The molecule has 7 heteroatoms. The van der Waals surface area contributed by atoms with E-state index in [1.54, 1.807) is 20.9 Å². The summed E-state index contributed by atoms with van der Waals surface area (Å²) >= 11 is 1.28. The summed E-state index contributed by atoms with van der Waals surface area (Å²) in [5.74, 6) is 0.0446. The molecule has 0 unspecified atom stereocenters. The maximum atomic E-state index is 12.4. The third kappa shape index (κ3) is 2.88. The fraction of sp³-hybridized carbons (Fsp3) is 0.692. The van der Waals surface area contributed by atoms with E-state index in [1.807, 2.05) is 0 Å². The third-order valence-corrected chi connectivity index (χ3v) is 4.87. The largest absolute Gasteiger partial charge is 0.394 e. The molecule has 2 rings (SSSR count). The highest BCUT2D eigenvalue weighted by Crippen LogP contribution is 2.31. The van der Waals surface area contributed by atoms with Crippen LogP contribution in [0.25, 0.3) is 0 Å². The van der Waals surface area contributed by atoms with Crippen molar-refractivity contribution in [3.05, 3.63) is 4.88 Å². The van der Waals surface area contributed by atoms with Crippen LogP contribution < -0.4 is 11.1 Å². The van der Waals surface area contributed by atoms with Gasteiger partial charge in [0.1, 0.15) is 10.7 Å². The summed E-state index contributed by atoms with van der Waals surface area (Å²) in [5.41, 5.74) is 5.22. The lowest BCUT2D eigenvalue weighted by atomic mass is 9.93. The summed E-state index contributed by atoms with van der Waals surface area (Å²) in [6.45, 7) is 3.49. The molecule has 20 heavy (non-hydrogen) atoms. The zero-order valence-electron chi connectivity index (χ0n) is 12.1. The highest BCUT2D eigenvalue weighted by atomic mass is 32.1. The molecule has 0 radical (unpaired) electrons. The number of nitrogens with one attached hydrogen (secondary N) is 1. The predicted octanol–water partition coefficient (Wildman–Crippen LogP) is 1.53. The number of likely N-dealkylation sites (N-methyl/N-ethyl adjacent to an activating group) is 1. The maximum absolute atomic E-state index is 12.4. The van der Waals surface area contributed by atoms with Crippen LogP contribution >= 0.6 is 11.3 Å². The zero-order chi connectivity index (χ0) is 14.9. The standard InChI is InChI=1S/C13H22N4O2S/c1-13(2,7-18)17(3)11(19)9-10(14)16-12(20-9)15-8-5-4-6-8/h8,18H,4-7,14H2,1-3H3,(H,15,16). The lowest BCUT2D eigenvalue weighted by molar-refractivity contribution is 0.0478. The molecule has 1 aromatic rings. The molecule has 0 aromatic carbocycles. The van der Waals surface area contributed by atoms with Gasteiger partial charge in [-0.25, -0.2) is 4.98 Å². The second-order valence-corrected chi connectivity index (χ2v) is 6.84. The highest BCUT2D eigenvalue weighted by molar-refractivity contribution is 7.18. The molecule has 1 aromatic heterocycles. The van der Waals surface area contributed by atoms with E-state index in [0.29, 0.717) is 16.1 Å². The molecule has 0 aliphatic heterocycles. The van der Waals surface area contributed by atoms with Gasteiger partial charge in [-0.2, -0.15) is 0 Å². The van der Waals surface area contributed by atoms with Crippen molar-refractivity contribution in [2.75, 3.05) is 24.7 Å². The quantitative estimate of drug-likeness (QED) is 0.767. The second kappa shape index (κ2) is 5.57. The molecule has 0 atom stereocenters. The lowest BCUT2D eigenvalue weighted by Crippen LogP contribution is -2.47. The summed E-state index contributed by atoms with van der Waals surface area (Å²) in [5, 5.41) is 13.3. The first kappa shape index (κ1) is 15.1. The van der Waals surface area contributed by atoms with Gasteiger partial charge in [0.05, 0.1) is 12.1 Å². The minimum absolute atomic E-state index is 0.110. The zero-order valence-corrected chi connectivity index (χ0v) is 13.0. The number of rotatable bonds is 5. The fourth-order valence-corrected chi connectivity index (χ4v) is 2.74. The Balaban J connectivity index is 2.13. The molecule has 1 heterocycles. The molecule has 0 bridgehead atoms. The van der Waals surface area contributed by atoms with E-state index in [0.717, 1.165) is 12.8 Å². The van der Waals surface area contributed by atoms with Gasteiger partial charge in [-0.05, 0) is 33.1 Å². The van der Waals surface area contributed by atoms with E-state index in [2.05, 4.69) is 10.3 Å². The van der Waals surface area contributed by atoms with Crippen LogP contribution in [-0.4, -0.2) is 46.1 Å². The minimum atomic E-state index is -0.630. The number of aliphatic hydroxyl groups is 1. The van der Waals surface area contributed by atoms with E-state index in [1.165, 1.54) is 22.7 Å². The van der Waals surface area contributed by atoms with Gasteiger partial charge in [0.2, 0.25) is 0 Å². The second-order valence-electron chi connectivity index (χ2n) is 5.84. The Morgan fingerprint density at radius 1 is 1.60 bits per heavy atom. The van der Waals surface area contributed by atoms with Crippen molar-refractivity contribution in [3.8, 4) is 0 Å². The summed E-state index contributed by atoms with van der Waals surface area (Å²) in [7, 11) is 1.66. The van der Waals surface area contributed by atoms with Crippen molar-refractivity contribution >= 4 is 28.2 Å². The van der Waals surface area contributed by atoms with Crippen molar-refractivity contribution < 1.29 is 9.90 Å². The van der Waals surface area contributed by atoms with E-state index >= 15 is 0 Å². The normalized spacial score (nSPS) is 15.8. The first-order valence-corrected chi connectivity index (χ1v) is 7.58. The molecular weight excluding hydrogens is 276 g/mol. The van der Waals surface area contributed by atoms with Crippen LogP contribution in [0.2, 0.25) is 0 Å². The van der Waals surface area contributed by atoms with Crippen LogP contribution in [0.5, 0.6) is 0 Å². The molecule has 1 aliphatic rings. The molecule has 112 valence electrons. The average Bonchev–Trinajstić information content (AvgIpc) is 2.73. The summed E-state index contributed by atoms with van der Waals surface area (Å²) in [6.07, 6.45) is 3.51. The molecule has 1 saturated carbocycles. The van der Waals surface area contributed by atoms with Gasteiger partial charge in [-0.1, -0.05) is 11.3 Å². The van der Waals surface area contributed by atoms with Gasteiger partial charge < -0.3 is 21.1 Å². The smallest absolute Gasteiger partial charge is 0.268 e. The predicted molar refractivity (Wildman–Crippen MR) is 81.0 cm³/mol. The molecule has 0 saturated heterocycles. The maximum Gasteiger partial charge on any atom is 0.268 e. The number of nitrogens with zero attached hydrogens (tertiary/aromatic N) is 2. The number of nitrogens with two attached hydrogens (primary N) is 1. The van der Waals surface area contributed by atoms with Crippen molar-refractivity contribution in [3.63, 3.8) is 0 Å². The van der Waals surface area contributed by atoms with Crippen LogP contribution in [0.15, 0.2) is 0 Å². The third-order valence-electron chi connectivity index (χ3n) is 3.88. The van der Waals surface area contributed by atoms with E-state index in [9.17, 15) is 9.90 Å². The topological polar surface area (TPSA) is 91.5 Å². The number of amides is 1. The van der Waals surface area contributed by atoms with E-state index in [-0.39, 0.29) is 18.3 Å². The Morgan fingerprint density at radius 2 is 2.25 bits per heavy atom. The number of thiazole rings is 1. The van der Waals surface area contributed by atoms with E-state index in [4.69, 9.17) is 5.73 Å². The number of carbonyl (C=O) groups excluding carboxylic acids is 1. The molecular formula is C13H22N4O2S. The molecule has 1 aliphatic carbocycles. The number of hydrogen-bond acceptors (Lipinski definition) is 6. The van der Waals surface area contributed by atoms with Crippen LogP contribution in [0.1, 0.15) is 42.8 Å². The van der Waals surface area contributed by atoms with Gasteiger partial charge in [0, 0.05) is 13.1 Å². The van der Waals surface area contributed by atoms with E-state index < -0.39 is 5.54 Å². The molecule has 4 N–H and O–H groups in total. The van der Waals surface area contributed by atoms with Crippen LogP contribution in [-0.2, 0) is 0 Å². The van der Waals surface area contributed by atoms with Crippen LogP contribution in [0, 0.1) is 0 Å². The minimum Gasteiger partial charge on any atom is -0.394 e. The van der Waals surface area contributed by atoms with Crippen LogP contribution in [0.4, 0.5) is 10.9 Å². The number of hydrogen-bond donors (Lipinski definition) is 3. The Labute approximate surface area is 123 Å². The number of carbonyl (C=O) groups is 1. The van der Waals surface area contributed by atoms with Gasteiger partial charge in [0.15, 0.2) is 5.13 Å². The Hall–Kier alpha value is -1.34. The lowest BCUT2D eigenvalue weighted by Gasteiger charge is -2.33. The fourth-order valence-electron chi connectivity index (χ4n) is 1.81. The molecule has 1 fully saturated rings. The first-order valence-electron chi connectivity index (χ1n) is 6.77. The number of aliphatic hydroxyl groups excluding tert-OH is 1. The summed E-state index contributed by atoms with van der Waals surface area (Å²) in [4.78, 5) is 18.6.